The van der Waals surface area contributed by atoms with Gasteiger partial charge in [-0.15, -0.1) is 0 Å². The first-order valence-electron chi connectivity index (χ1n) is 7.80. The molecule has 4 nitrogen and oxygen atoms in total. The first kappa shape index (κ1) is 14.9. The van der Waals surface area contributed by atoms with E-state index < -0.39 is 9.84 Å². The predicted molar refractivity (Wildman–Crippen MR) is 86.6 cm³/mol. The quantitative estimate of drug-likeness (QED) is 0.918. The molecule has 2 aliphatic rings. The molecule has 21 heavy (non-hydrogen) atoms. The zero-order valence-electron chi connectivity index (χ0n) is 12.6. The Morgan fingerprint density at radius 2 is 2.14 bits per heavy atom. The molecular formula is C16H24N2O2S. The lowest BCUT2D eigenvalue weighted by atomic mass is 9.93. The lowest BCUT2D eigenvalue weighted by Crippen LogP contribution is -2.47. The molecule has 2 aliphatic heterocycles. The van der Waals surface area contributed by atoms with Crippen molar-refractivity contribution in [2.45, 2.75) is 25.8 Å². The lowest BCUT2D eigenvalue weighted by molar-refractivity contribution is 0.472. The van der Waals surface area contributed by atoms with Crippen molar-refractivity contribution < 1.29 is 8.42 Å². The van der Waals surface area contributed by atoms with Gasteiger partial charge in [0.2, 0.25) is 0 Å². The van der Waals surface area contributed by atoms with Crippen LogP contribution in [0.2, 0.25) is 0 Å². The molecule has 2 heterocycles. The van der Waals surface area contributed by atoms with Gasteiger partial charge in [0.15, 0.2) is 9.84 Å². The Hall–Kier alpha value is -1.07. The molecule has 1 aromatic carbocycles. The van der Waals surface area contributed by atoms with Gasteiger partial charge >= 0.3 is 0 Å². The highest BCUT2D eigenvalue weighted by Gasteiger charge is 2.26. The Labute approximate surface area is 127 Å². The molecule has 5 heteroatoms. The van der Waals surface area contributed by atoms with Crippen molar-refractivity contribution in [2.75, 3.05) is 36.0 Å². The van der Waals surface area contributed by atoms with E-state index in [1.54, 1.807) is 0 Å². The third-order valence-corrected chi connectivity index (χ3v) is 6.22. The number of nitrogens with zero attached hydrogens (tertiary/aromatic N) is 1. The number of nitrogens with one attached hydrogen (secondary N) is 1. The zero-order valence-corrected chi connectivity index (χ0v) is 13.4. The van der Waals surface area contributed by atoms with E-state index in [1.807, 2.05) is 0 Å². The molecule has 0 radical (unpaired) electrons. The summed E-state index contributed by atoms with van der Waals surface area (Å²) in [4.78, 5) is 2.42. The molecule has 3 rings (SSSR count). The lowest BCUT2D eigenvalue weighted by Gasteiger charge is -2.36. The van der Waals surface area contributed by atoms with Crippen LogP contribution in [-0.2, 0) is 16.3 Å². The van der Waals surface area contributed by atoms with E-state index in [9.17, 15) is 8.42 Å². The predicted octanol–water partition coefficient (Wildman–Crippen LogP) is 1.46. The van der Waals surface area contributed by atoms with Crippen LogP contribution >= 0.6 is 0 Å². The topological polar surface area (TPSA) is 49.4 Å². The number of rotatable bonds is 3. The fraction of sp³-hybridized carbons (Fsp3) is 0.625. The van der Waals surface area contributed by atoms with E-state index >= 15 is 0 Å². The van der Waals surface area contributed by atoms with Gasteiger partial charge < -0.3 is 10.2 Å². The van der Waals surface area contributed by atoms with Crippen molar-refractivity contribution in [1.82, 2.24) is 5.32 Å². The number of anilines is 1. The minimum Gasteiger partial charge on any atom is -0.371 e. The molecule has 2 atom stereocenters. The van der Waals surface area contributed by atoms with Gasteiger partial charge in [-0.25, -0.2) is 8.42 Å². The van der Waals surface area contributed by atoms with Crippen LogP contribution in [0.1, 0.15) is 18.9 Å². The third kappa shape index (κ3) is 3.58. The van der Waals surface area contributed by atoms with Gasteiger partial charge in [0.05, 0.1) is 11.5 Å². The summed E-state index contributed by atoms with van der Waals surface area (Å²) < 4.78 is 23.4. The van der Waals surface area contributed by atoms with Gasteiger partial charge in [-0.3, -0.25) is 0 Å². The Morgan fingerprint density at radius 3 is 2.95 bits per heavy atom. The van der Waals surface area contributed by atoms with E-state index in [0.29, 0.717) is 12.5 Å². The van der Waals surface area contributed by atoms with Crippen LogP contribution in [0.5, 0.6) is 0 Å². The molecule has 1 aromatic rings. The van der Waals surface area contributed by atoms with Crippen molar-refractivity contribution in [2.24, 2.45) is 5.92 Å². The van der Waals surface area contributed by atoms with Crippen molar-refractivity contribution in [1.29, 1.82) is 0 Å². The summed E-state index contributed by atoms with van der Waals surface area (Å²) in [5.74, 6) is 1.23. The number of fused-ring (bicyclic) bond motifs is 1. The van der Waals surface area contributed by atoms with Crippen LogP contribution < -0.4 is 10.2 Å². The van der Waals surface area contributed by atoms with E-state index in [-0.39, 0.29) is 17.5 Å². The maximum Gasteiger partial charge on any atom is 0.153 e. The monoisotopic (exact) mass is 308 g/mol. The third-order valence-electron chi connectivity index (χ3n) is 4.48. The van der Waals surface area contributed by atoms with Gasteiger partial charge in [-0.2, -0.15) is 0 Å². The molecule has 0 bridgehead atoms. The zero-order chi connectivity index (χ0) is 14.9. The van der Waals surface area contributed by atoms with Crippen molar-refractivity contribution in [3.63, 3.8) is 0 Å². The summed E-state index contributed by atoms with van der Waals surface area (Å²) in [6, 6.07) is 8.69. The summed E-state index contributed by atoms with van der Waals surface area (Å²) in [6.07, 6.45) is 2.03. The molecule has 0 saturated carbocycles. The minimum absolute atomic E-state index is 0.105. The number of benzene rings is 1. The van der Waals surface area contributed by atoms with E-state index in [4.69, 9.17) is 0 Å². The minimum atomic E-state index is -2.84. The molecule has 0 spiro atoms. The highest BCUT2D eigenvalue weighted by atomic mass is 32.2. The summed E-state index contributed by atoms with van der Waals surface area (Å²) >= 11 is 0. The average Bonchev–Trinajstić information content (AvgIpc) is 2.43. The second-order valence-electron chi connectivity index (χ2n) is 6.44. The summed E-state index contributed by atoms with van der Waals surface area (Å²) in [5, 5.41) is 3.34. The van der Waals surface area contributed by atoms with E-state index in [2.05, 4.69) is 41.4 Å². The number of sulfone groups is 1. The van der Waals surface area contributed by atoms with Crippen LogP contribution in [0.3, 0.4) is 0 Å². The standard InChI is InChI=1S/C16H24N2O2S/c1-13-10-14-4-2-3-5-16(14)18(11-13)8-6-15-12-21(19,20)9-7-17-15/h2-5,13,15,17H,6-12H2,1H3. The number of hydrogen-bond acceptors (Lipinski definition) is 4. The van der Waals surface area contributed by atoms with E-state index in [1.165, 1.54) is 11.3 Å². The SMILES string of the molecule is CC1Cc2ccccc2N(CCC2CS(=O)(=O)CCN2)C1. The van der Waals surface area contributed by atoms with Crippen LogP contribution in [0.25, 0.3) is 0 Å². The molecule has 0 amide bonds. The smallest absolute Gasteiger partial charge is 0.153 e. The Bertz CT molecular complexity index is 600. The van der Waals surface area contributed by atoms with Gasteiger partial charge in [-0.05, 0) is 30.4 Å². The second kappa shape index (κ2) is 5.97. The second-order valence-corrected chi connectivity index (χ2v) is 8.67. The first-order valence-corrected chi connectivity index (χ1v) is 9.62. The molecule has 1 saturated heterocycles. The van der Waals surface area contributed by atoms with Crippen molar-refractivity contribution in [3.05, 3.63) is 29.8 Å². The molecule has 116 valence electrons. The van der Waals surface area contributed by atoms with Crippen LogP contribution in [-0.4, -0.2) is 45.6 Å². The Kier molecular flexibility index (Phi) is 4.22. The highest BCUT2D eigenvalue weighted by molar-refractivity contribution is 7.91. The maximum absolute atomic E-state index is 11.7. The Balaban J connectivity index is 1.65. The molecular weight excluding hydrogens is 284 g/mol. The van der Waals surface area contributed by atoms with E-state index in [0.717, 1.165) is 25.9 Å². The summed E-state index contributed by atoms with van der Waals surface area (Å²) in [7, 11) is -2.84. The highest BCUT2D eigenvalue weighted by Crippen LogP contribution is 2.29. The van der Waals surface area contributed by atoms with Gasteiger partial charge in [0, 0.05) is 31.4 Å². The largest absolute Gasteiger partial charge is 0.371 e. The average molecular weight is 308 g/mol. The fourth-order valence-electron chi connectivity index (χ4n) is 3.48. The number of hydrogen-bond donors (Lipinski definition) is 1. The number of para-hydroxylation sites is 1. The molecule has 0 aliphatic carbocycles. The van der Waals surface area contributed by atoms with Gasteiger partial charge in [0.1, 0.15) is 0 Å². The normalized spacial score (nSPS) is 28.1. The van der Waals surface area contributed by atoms with Crippen molar-refractivity contribution >= 4 is 15.5 Å². The Morgan fingerprint density at radius 1 is 1.33 bits per heavy atom. The maximum atomic E-state index is 11.7. The van der Waals surface area contributed by atoms with Gasteiger partial charge in [0.25, 0.3) is 0 Å². The van der Waals surface area contributed by atoms with Crippen LogP contribution in [0.4, 0.5) is 5.69 Å². The van der Waals surface area contributed by atoms with Crippen molar-refractivity contribution in [3.8, 4) is 0 Å². The fourth-order valence-corrected chi connectivity index (χ4v) is 4.98. The first-order chi connectivity index (χ1) is 10.0. The molecule has 0 aromatic heterocycles. The summed E-state index contributed by atoms with van der Waals surface area (Å²) in [6.45, 7) is 4.87. The molecule has 1 N–H and O–H groups in total. The van der Waals surface area contributed by atoms with Crippen LogP contribution in [0.15, 0.2) is 24.3 Å². The van der Waals surface area contributed by atoms with Crippen LogP contribution in [0, 0.1) is 5.92 Å². The summed E-state index contributed by atoms with van der Waals surface area (Å²) in [5.41, 5.74) is 2.75. The molecule has 1 fully saturated rings. The molecule has 2 unspecified atom stereocenters. The van der Waals surface area contributed by atoms with Gasteiger partial charge in [-0.1, -0.05) is 25.1 Å².